The molecule has 0 spiro atoms. The van der Waals surface area contributed by atoms with Crippen molar-refractivity contribution >= 4 is 6.47 Å². The Labute approximate surface area is 63.6 Å². The number of benzene rings is 1. The van der Waals surface area contributed by atoms with Crippen LogP contribution >= 0.6 is 0 Å². The molecule has 0 heterocycles. The fourth-order valence-corrected chi connectivity index (χ4v) is 0.753. The molecule has 0 aliphatic heterocycles. The van der Waals surface area contributed by atoms with Gasteiger partial charge in [0.25, 0.3) is 6.47 Å². The van der Waals surface area contributed by atoms with Crippen LogP contribution in [0.2, 0.25) is 0 Å². The number of ether oxygens (including phenoxy) is 1. The molecule has 0 radical (unpaired) electrons. The molecular formula is C8H7FO2. The normalized spacial score (nSPS) is 9.27. The van der Waals surface area contributed by atoms with Crippen LogP contribution in [0.15, 0.2) is 18.2 Å². The Morgan fingerprint density at radius 1 is 1.55 bits per heavy atom. The van der Waals surface area contributed by atoms with Crippen molar-refractivity contribution in [1.82, 2.24) is 0 Å². The molecule has 0 aliphatic rings. The molecule has 3 heteroatoms. The van der Waals surface area contributed by atoms with Gasteiger partial charge in [-0.15, -0.1) is 0 Å². The van der Waals surface area contributed by atoms with Crippen molar-refractivity contribution in [3.63, 3.8) is 0 Å². The van der Waals surface area contributed by atoms with E-state index in [1.807, 2.05) is 0 Å². The molecule has 0 bridgehead atoms. The number of aryl methyl sites for hydroxylation is 1. The van der Waals surface area contributed by atoms with Gasteiger partial charge < -0.3 is 4.74 Å². The van der Waals surface area contributed by atoms with E-state index in [2.05, 4.69) is 4.74 Å². The van der Waals surface area contributed by atoms with Crippen LogP contribution in [0.25, 0.3) is 0 Å². The molecule has 2 nitrogen and oxygen atoms in total. The summed E-state index contributed by atoms with van der Waals surface area (Å²) in [4.78, 5) is 9.89. The van der Waals surface area contributed by atoms with Crippen LogP contribution in [-0.2, 0) is 4.79 Å². The molecule has 0 amide bonds. The first-order valence-corrected chi connectivity index (χ1v) is 3.10. The standard InChI is InChI=1S/C8H7FO2/c1-6-2-3-7(9)4-8(6)11-5-10/h2-5H,1H3. The Morgan fingerprint density at radius 3 is 2.91 bits per heavy atom. The molecule has 0 aliphatic carbocycles. The molecule has 0 saturated carbocycles. The highest BCUT2D eigenvalue weighted by Gasteiger charge is 1.99. The summed E-state index contributed by atoms with van der Waals surface area (Å²) in [6.45, 7) is 2.01. The van der Waals surface area contributed by atoms with E-state index < -0.39 is 5.82 Å². The van der Waals surface area contributed by atoms with Gasteiger partial charge in [-0.05, 0) is 18.6 Å². The molecule has 0 aromatic heterocycles. The number of carbonyl (C=O) groups excluding carboxylic acids is 1. The third-order valence-electron chi connectivity index (χ3n) is 1.33. The lowest BCUT2D eigenvalue weighted by molar-refractivity contribution is -0.120. The summed E-state index contributed by atoms with van der Waals surface area (Å²) in [5, 5.41) is 0. The van der Waals surface area contributed by atoms with Crippen molar-refractivity contribution in [2.24, 2.45) is 0 Å². The average molecular weight is 154 g/mol. The van der Waals surface area contributed by atoms with Crippen molar-refractivity contribution in [2.45, 2.75) is 6.92 Å². The monoisotopic (exact) mass is 154 g/mol. The lowest BCUT2D eigenvalue weighted by Crippen LogP contribution is -1.91. The van der Waals surface area contributed by atoms with Gasteiger partial charge in [0.05, 0.1) is 0 Å². The van der Waals surface area contributed by atoms with E-state index in [0.29, 0.717) is 0 Å². The fourth-order valence-electron chi connectivity index (χ4n) is 0.753. The van der Waals surface area contributed by atoms with Gasteiger partial charge in [0.15, 0.2) is 0 Å². The van der Waals surface area contributed by atoms with E-state index >= 15 is 0 Å². The zero-order chi connectivity index (χ0) is 8.27. The van der Waals surface area contributed by atoms with Crippen molar-refractivity contribution in [1.29, 1.82) is 0 Å². The predicted molar refractivity (Wildman–Crippen MR) is 37.8 cm³/mol. The number of rotatable bonds is 2. The Kier molecular flexibility index (Phi) is 2.21. The Morgan fingerprint density at radius 2 is 2.27 bits per heavy atom. The first kappa shape index (κ1) is 7.72. The summed E-state index contributed by atoms with van der Waals surface area (Å²) in [6.07, 6.45) is 0. The fraction of sp³-hybridized carbons (Fsp3) is 0.125. The average Bonchev–Trinajstić information content (AvgIpc) is 1.98. The SMILES string of the molecule is Cc1ccc(F)cc1OC=O. The van der Waals surface area contributed by atoms with Gasteiger partial charge in [0, 0.05) is 6.07 Å². The Bertz CT molecular complexity index is 271. The molecule has 0 saturated heterocycles. The second kappa shape index (κ2) is 3.14. The maximum Gasteiger partial charge on any atom is 0.298 e. The highest BCUT2D eigenvalue weighted by molar-refractivity contribution is 5.47. The van der Waals surface area contributed by atoms with Crippen molar-refractivity contribution in [2.75, 3.05) is 0 Å². The minimum Gasteiger partial charge on any atom is -0.428 e. The predicted octanol–water partition coefficient (Wildman–Crippen LogP) is 1.67. The second-order valence-corrected chi connectivity index (χ2v) is 2.12. The van der Waals surface area contributed by atoms with E-state index in [-0.39, 0.29) is 12.2 Å². The Balaban J connectivity index is 3.01. The van der Waals surface area contributed by atoms with E-state index in [9.17, 15) is 9.18 Å². The Hall–Kier alpha value is -1.38. The van der Waals surface area contributed by atoms with Crippen LogP contribution in [-0.4, -0.2) is 6.47 Å². The summed E-state index contributed by atoms with van der Waals surface area (Å²) in [5.74, 6) is -0.146. The number of hydrogen-bond acceptors (Lipinski definition) is 2. The van der Waals surface area contributed by atoms with Crippen LogP contribution < -0.4 is 4.74 Å². The van der Waals surface area contributed by atoms with E-state index in [4.69, 9.17) is 0 Å². The number of halogens is 1. The van der Waals surface area contributed by atoms with Gasteiger partial charge in [0.1, 0.15) is 11.6 Å². The van der Waals surface area contributed by atoms with Crippen LogP contribution in [0.3, 0.4) is 0 Å². The highest BCUT2D eigenvalue weighted by atomic mass is 19.1. The van der Waals surface area contributed by atoms with Gasteiger partial charge in [-0.3, -0.25) is 4.79 Å². The molecule has 0 N–H and O–H groups in total. The van der Waals surface area contributed by atoms with Gasteiger partial charge in [-0.2, -0.15) is 0 Å². The number of carbonyl (C=O) groups is 1. The molecule has 0 unspecified atom stereocenters. The zero-order valence-corrected chi connectivity index (χ0v) is 6.00. The lowest BCUT2D eigenvalue weighted by atomic mass is 10.2. The minimum atomic E-state index is -0.410. The number of hydrogen-bond donors (Lipinski definition) is 0. The maximum absolute atomic E-state index is 12.5. The van der Waals surface area contributed by atoms with Gasteiger partial charge in [-0.1, -0.05) is 6.07 Å². The summed E-state index contributed by atoms with van der Waals surface area (Å²) >= 11 is 0. The summed E-state index contributed by atoms with van der Waals surface area (Å²) in [7, 11) is 0. The molecule has 11 heavy (non-hydrogen) atoms. The summed E-state index contributed by atoms with van der Waals surface area (Å²) < 4.78 is 17.0. The van der Waals surface area contributed by atoms with Gasteiger partial charge in [-0.25, -0.2) is 4.39 Å². The summed E-state index contributed by atoms with van der Waals surface area (Å²) in [6, 6.07) is 4.03. The van der Waals surface area contributed by atoms with Gasteiger partial charge >= 0.3 is 0 Å². The molecule has 58 valence electrons. The van der Waals surface area contributed by atoms with E-state index in [1.165, 1.54) is 12.1 Å². The van der Waals surface area contributed by atoms with Crippen LogP contribution in [0.1, 0.15) is 5.56 Å². The molecule has 1 aromatic carbocycles. The largest absolute Gasteiger partial charge is 0.428 e. The third kappa shape index (κ3) is 1.77. The second-order valence-electron chi connectivity index (χ2n) is 2.12. The van der Waals surface area contributed by atoms with E-state index in [1.54, 1.807) is 13.0 Å². The topological polar surface area (TPSA) is 26.3 Å². The quantitative estimate of drug-likeness (QED) is 0.605. The van der Waals surface area contributed by atoms with Crippen LogP contribution in [0.4, 0.5) is 4.39 Å². The molecular weight excluding hydrogens is 147 g/mol. The molecule has 1 aromatic rings. The molecule has 0 atom stereocenters. The molecule has 0 fully saturated rings. The van der Waals surface area contributed by atoms with Gasteiger partial charge in [0.2, 0.25) is 0 Å². The van der Waals surface area contributed by atoms with E-state index in [0.717, 1.165) is 5.56 Å². The summed E-state index contributed by atoms with van der Waals surface area (Å²) in [5.41, 5.74) is 0.735. The minimum absolute atomic E-state index is 0.264. The van der Waals surface area contributed by atoms with Crippen molar-refractivity contribution in [3.05, 3.63) is 29.6 Å². The van der Waals surface area contributed by atoms with Crippen LogP contribution in [0, 0.1) is 12.7 Å². The van der Waals surface area contributed by atoms with Crippen molar-refractivity contribution in [3.8, 4) is 5.75 Å². The first-order valence-electron chi connectivity index (χ1n) is 3.10. The lowest BCUT2D eigenvalue weighted by Gasteiger charge is -2.00. The highest BCUT2D eigenvalue weighted by Crippen LogP contribution is 2.17. The zero-order valence-electron chi connectivity index (χ0n) is 6.00. The van der Waals surface area contributed by atoms with Crippen molar-refractivity contribution < 1.29 is 13.9 Å². The molecule has 1 rings (SSSR count). The smallest absolute Gasteiger partial charge is 0.298 e. The first-order chi connectivity index (χ1) is 5.24. The van der Waals surface area contributed by atoms with Crippen LogP contribution in [0.5, 0.6) is 5.75 Å². The maximum atomic E-state index is 12.5. The third-order valence-corrected chi connectivity index (χ3v) is 1.33.